The van der Waals surface area contributed by atoms with E-state index in [0.29, 0.717) is 48.5 Å². The summed E-state index contributed by atoms with van der Waals surface area (Å²) in [7, 11) is 0. The Morgan fingerprint density at radius 2 is 1.84 bits per heavy atom. The van der Waals surface area contributed by atoms with Crippen LogP contribution >= 0.6 is 0 Å². The van der Waals surface area contributed by atoms with E-state index < -0.39 is 0 Å². The van der Waals surface area contributed by atoms with Gasteiger partial charge in [-0.15, -0.1) is 0 Å². The zero-order valence-electron chi connectivity index (χ0n) is 16.0. The quantitative estimate of drug-likeness (QED) is 0.800. The second-order valence-electron chi connectivity index (χ2n) is 8.75. The molecule has 3 rings (SSSR count). The predicted molar refractivity (Wildman–Crippen MR) is 99.1 cm³/mol. The fourth-order valence-electron chi connectivity index (χ4n) is 4.79. The smallest absolute Gasteiger partial charge is 0.222 e. The lowest BCUT2D eigenvalue weighted by Crippen LogP contribution is -2.57. The second kappa shape index (κ2) is 8.52. The Bertz CT molecular complexity index is 474. The predicted octanol–water partition coefficient (Wildman–Crippen LogP) is 2.26. The molecular formula is C20H35N3O2. The van der Waals surface area contributed by atoms with Crippen LogP contribution in [-0.4, -0.2) is 60.4 Å². The van der Waals surface area contributed by atoms with E-state index in [4.69, 9.17) is 0 Å². The molecule has 0 saturated carbocycles. The maximum atomic E-state index is 12.5. The summed E-state index contributed by atoms with van der Waals surface area (Å²) in [5.74, 6) is 2.26. The zero-order valence-corrected chi connectivity index (χ0v) is 16.0. The Morgan fingerprint density at radius 1 is 1.08 bits per heavy atom. The zero-order chi connectivity index (χ0) is 17.8. The van der Waals surface area contributed by atoms with Crippen LogP contribution in [0.15, 0.2) is 0 Å². The highest BCUT2D eigenvalue weighted by molar-refractivity contribution is 5.77. The number of nitrogens with one attached hydrogen (secondary N) is 1. The molecule has 3 aliphatic rings. The number of carbonyl (C=O) groups excluding carboxylic acids is 2. The third-order valence-corrected chi connectivity index (χ3v) is 6.11. The van der Waals surface area contributed by atoms with Crippen molar-refractivity contribution >= 4 is 11.8 Å². The molecule has 0 spiro atoms. The Morgan fingerprint density at radius 3 is 2.56 bits per heavy atom. The summed E-state index contributed by atoms with van der Waals surface area (Å²) in [5, 5.41) is 3.70. The van der Waals surface area contributed by atoms with E-state index >= 15 is 0 Å². The Labute approximate surface area is 152 Å². The Kier molecular flexibility index (Phi) is 6.37. The van der Waals surface area contributed by atoms with Crippen molar-refractivity contribution in [2.24, 2.45) is 17.8 Å². The minimum Gasteiger partial charge on any atom is -0.343 e. The molecule has 3 atom stereocenters. The van der Waals surface area contributed by atoms with Crippen LogP contribution in [0.5, 0.6) is 0 Å². The molecule has 0 aromatic carbocycles. The lowest BCUT2D eigenvalue weighted by atomic mass is 9.79. The number of amides is 2. The summed E-state index contributed by atoms with van der Waals surface area (Å²) < 4.78 is 0. The standard InChI is InChI=1S/C20H35N3O2/c1-15(2)10-20(25)23-13-16-11-17(14-23)18(21-12-16)6-5-7-19(24)22-8-3-4-9-22/h15-18,21H,3-14H2,1-2H3. The molecule has 0 radical (unpaired) electrons. The molecule has 0 aliphatic carbocycles. The number of rotatable bonds is 6. The lowest BCUT2D eigenvalue weighted by molar-refractivity contribution is -0.136. The molecule has 5 nitrogen and oxygen atoms in total. The minimum absolute atomic E-state index is 0.328. The van der Waals surface area contributed by atoms with Crippen molar-refractivity contribution in [3.63, 3.8) is 0 Å². The molecule has 25 heavy (non-hydrogen) atoms. The number of fused-ring (bicyclic) bond motifs is 2. The van der Waals surface area contributed by atoms with Crippen molar-refractivity contribution in [1.29, 1.82) is 0 Å². The number of hydrogen-bond donors (Lipinski definition) is 1. The van der Waals surface area contributed by atoms with Gasteiger partial charge in [0.05, 0.1) is 0 Å². The van der Waals surface area contributed by atoms with Gasteiger partial charge in [0.15, 0.2) is 0 Å². The van der Waals surface area contributed by atoms with Crippen LogP contribution in [0.2, 0.25) is 0 Å². The molecule has 3 unspecified atom stereocenters. The molecule has 3 heterocycles. The molecule has 5 heteroatoms. The van der Waals surface area contributed by atoms with Gasteiger partial charge in [-0.2, -0.15) is 0 Å². The Balaban J connectivity index is 1.45. The highest BCUT2D eigenvalue weighted by Gasteiger charge is 2.37. The van der Waals surface area contributed by atoms with Gasteiger partial charge in [-0.1, -0.05) is 13.8 Å². The van der Waals surface area contributed by atoms with Crippen molar-refractivity contribution < 1.29 is 9.59 Å². The topological polar surface area (TPSA) is 52.7 Å². The van der Waals surface area contributed by atoms with Gasteiger partial charge >= 0.3 is 0 Å². The Hall–Kier alpha value is -1.10. The first-order valence-corrected chi connectivity index (χ1v) is 10.3. The number of hydrogen-bond acceptors (Lipinski definition) is 3. The maximum Gasteiger partial charge on any atom is 0.222 e. The fourth-order valence-corrected chi connectivity index (χ4v) is 4.79. The maximum absolute atomic E-state index is 12.5. The third kappa shape index (κ3) is 4.96. The van der Waals surface area contributed by atoms with Gasteiger partial charge < -0.3 is 15.1 Å². The van der Waals surface area contributed by atoms with E-state index in [1.807, 2.05) is 4.90 Å². The molecule has 3 saturated heterocycles. The number of nitrogens with zero attached hydrogens (tertiary/aromatic N) is 2. The molecule has 2 bridgehead atoms. The van der Waals surface area contributed by atoms with E-state index in [-0.39, 0.29) is 0 Å². The molecule has 0 aromatic heterocycles. The first kappa shape index (κ1) is 18.7. The molecule has 142 valence electrons. The van der Waals surface area contributed by atoms with Crippen LogP contribution in [0.25, 0.3) is 0 Å². The number of likely N-dealkylation sites (tertiary alicyclic amines) is 2. The van der Waals surface area contributed by atoms with Crippen molar-refractivity contribution in [3.05, 3.63) is 0 Å². The van der Waals surface area contributed by atoms with Gasteiger partial charge in [0.1, 0.15) is 0 Å². The molecule has 1 N–H and O–H groups in total. The summed E-state index contributed by atoms with van der Waals surface area (Å²) in [5.41, 5.74) is 0. The van der Waals surface area contributed by atoms with Crippen LogP contribution in [0.1, 0.15) is 58.8 Å². The summed E-state index contributed by atoms with van der Waals surface area (Å²) in [6.45, 7) is 8.99. The largest absolute Gasteiger partial charge is 0.343 e. The molecule has 0 aromatic rings. The summed E-state index contributed by atoms with van der Waals surface area (Å²) in [4.78, 5) is 28.8. The lowest BCUT2D eigenvalue weighted by Gasteiger charge is -2.46. The summed E-state index contributed by atoms with van der Waals surface area (Å²) in [6, 6.07) is 0.470. The van der Waals surface area contributed by atoms with Gasteiger partial charge in [0.2, 0.25) is 11.8 Å². The monoisotopic (exact) mass is 349 g/mol. The average Bonchev–Trinajstić information content (AvgIpc) is 3.10. The third-order valence-electron chi connectivity index (χ3n) is 6.11. The van der Waals surface area contributed by atoms with Crippen molar-refractivity contribution in [2.45, 2.75) is 64.8 Å². The number of piperidine rings is 2. The van der Waals surface area contributed by atoms with Gasteiger partial charge in [-0.05, 0) is 56.4 Å². The number of carbonyl (C=O) groups is 2. The first-order chi connectivity index (χ1) is 12.0. The SMILES string of the molecule is CC(C)CC(=O)N1CC2CNC(CCCC(=O)N3CCCC3)C(C2)C1. The van der Waals surface area contributed by atoms with E-state index in [1.165, 1.54) is 19.3 Å². The van der Waals surface area contributed by atoms with Crippen LogP contribution < -0.4 is 5.32 Å². The van der Waals surface area contributed by atoms with Crippen molar-refractivity contribution in [2.75, 3.05) is 32.7 Å². The van der Waals surface area contributed by atoms with E-state index in [9.17, 15) is 9.59 Å². The van der Waals surface area contributed by atoms with Crippen LogP contribution in [0.4, 0.5) is 0 Å². The second-order valence-corrected chi connectivity index (χ2v) is 8.75. The molecule has 3 fully saturated rings. The van der Waals surface area contributed by atoms with Crippen LogP contribution in [-0.2, 0) is 9.59 Å². The fraction of sp³-hybridized carbons (Fsp3) is 0.900. The highest BCUT2D eigenvalue weighted by Crippen LogP contribution is 2.31. The van der Waals surface area contributed by atoms with Crippen LogP contribution in [0, 0.1) is 17.8 Å². The average molecular weight is 350 g/mol. The normalized spacial score (nSPS) is 29.3. The van der Waals surface area contributed by atoms with E-state index in [0.717, 1.165) is 45.6 Å². The first-order valence-electron chi connectivity index (χ1n) is 10.3. The van der Waals surface area contributed by atoms with Gasteiger partial charge in [0.25, 0.3) is 0 Å². The summed E-state index contributed by atoms with van der Waals surface area (Å²) in [6.07, 6.45) is 6.95. The molecular weight excluding hydrogens is 314 g/mol. The highest BCUT2D eigenvalue weighted by atomic mass is 16.2. The van der Waals surface area contributed by atoms with Gasteiger partial charge in [0, 0.05) is 45.1 Å². The van der Waals surface area contributed by atoms with E-state index in [1.54, 1.807) is 0 Å². The summed E-state index contributed by atoms with van der Waals surface area (Å²) >= 11 is 0. The van der Waals surface area contributed by atoms with Crippen molar-refractivity contribution in [1.82, 2.24) is 15.1 Å². The van der Waals surface area contributed by atoms with E-state index in [2.05, 4.69) is 24.1 Å². The van der Waals surface area contributed by atoms with Crippen LogP contribution in [0.3, 0.4) is 0 Å². The molecule has 3 aliphatic heterocycles. The van der Waals surface area contributed by atoms with Gasteiger partial charge in [-0.3, -0.25) is 9.59 Å². The molecule has 2 amide bonds. The minimum atomic E-state index is 0.328. The van der Waals surface area contributed by atoms with Gasteiger partial charge in [-0.25, -0.2) is 0 Å². The van der Waals surface area contributed by atoms with Crippen molar-refractivity contribution in [3.8, 4) is 0 Å².